The molecular weight excluding hydrogens is 376 g/mol. The van der Waals surface area contributed by atoms with Crippen molar-refractivity contribution >= 4 is 38.9 Å². The Bertz CT molecular complexity index is 883. The van der Waals surface area contributed by atoms with Crippen molar-refractivity contribution in [1.82, 2.24) is 0 Å². The van der Waals surface area contributed by atoms with Gasteiger partial charge in [-0.25, -0.2) is 8.42 Å². The molecule has 0 aromatic heterocycles. The number of carbonyl (C=O) groups excluding carboxylic acids is 1. The summed E-state index contributed by atoms with van der Waals surface area (Å²) in [5.74, 6) is 0.155. The van der Waals surface area contributed by atoms with Crippen LogP contribution in [0.5, 0.6) is 5.75 Å². The number of sulfonamides is 1. The largest absolute Gasteiger partial charge is 0.484 e. The van der Waals surface area contributed by atoms with Crippen molar-refractivity contribution in [2.75, 3.05) is 29.0 Å². The number of carbonyl (C=O) groups is 1. The van der Waals surface area contributed by atoms with Crippen LogP contribution in [0.4, 0.5) is 11.4 Å². The van der Waals surface area contributed by atoms with Gasteiger partial charge in [-0.2, -0.15) is 0 Å². The van der Waals surface area contributed by atoms with Crippen molar-refractivity contribution in [3.8, 4) is 5.75 Å². The number of rotatable bonds is 7. The molecule has 0 aliphatic heterocycles. The molecule has 0 atom stereocenters. The number of halogens is 1. The summed E-state index contributed by atoms with van der Waals surface area (Å²) in [6.45, 7) is 3.74. The zero-order chi connectivity index (χ0) is 19.3. The minimum atomic E-state index is -3.33. The maximum absolute atomic E-state index is 12.0. The average molecular weight is 397 g/mol. The lowest BCUT2D eigenvalue weighted by Crippen LogP contribution is -2.29. The zero-order valence-corrected chi connectivity index (χ0v) is 16.4. The third-order valence-electron chi connectivity index (χ3n) is 3.72. The van der Waals surface area contributed by atoms with Crippen LogP contribution in [0.25, 0.3) is 0 Å². The molecule has 2 aromatic rings. The molecule has 6 nitrogen and oxygen atoms in total. The minimum Gasteiger partial charge on any atom is -0.484 e. The first kappa shape index (κ1) is 20.1. The predicted octanol–water partition coefficient (Wildman–Crippen LogP) is 3.45. The number of hydrogen-bond acceptors (Lipinski definition) is 4. The molecule has 0 fully saturated rings. The van der Waals surface area contributed by atoms with Gasteiger partial charge in [-0.15, -0.1) is 0 Å². The van der Waals surface area contributed by atoms with E-state index in [1.54, 1.807) is 49.4 Å². The lowest BCUT2D eigenvalue weighted by molar-refractivity contribution is -0.118. The summed E-state index contributed by atoms with van der Waals surface area (Å²) in [4.78, 5) is 12.0. The van der Waals surface area contributed by atoms with Gasteiger partial charge in [0.1, 0.15) is 5.75 Å². The molecule has 8 heteroatoms. The van der Waals surface area contributed by atoms with Crippen molar-refractivity contribution in [1.29, 1.82) is 0 Å². The number of benzene rings is 2. The molecule has 0 bridgehead atoms. The monoisotopic (exact) mass is 396 g/mol. The molecule has 1 N–H and O–H groups in total. The fourth-order valence-electron chi connectivity index (χ4n) is 2.40. The van der Waals surface area contributed by atoms with Crippen molar-refractivity contribution in [2.45, 2.75) is 13.8 Å². The normalized spacial score (nSPS) is 11.1. The topological polar surface area (TPSA) is 75.7 Å². The van der Waals surface area contributed by atoms with Gasteiger partial charge in [0.15, 0.2) is 6.61 Å². The molecular formula is C18H21ClN2O4S. The molecule has 0 saturated heterocycles. The smallest absolute Gasteiger partial charge is 0.262 e. The number of anilines is 2. The maximum Gasteiger partial charge on any atom is 0.262 e. The number of ether oxygens (including phenoxy) is 1. The average Bonchev–Trinajstić information content (AvgIpc) is 2.58. The fourth-order valence-corrected chi connectivity index (χ4v) is 3.54. The fraction of sp³-hybridized carbons (Fsp3) is 0.278. The van der Waals surface area contributed by atoms with Crippen molar-refractivity contribution in [3.63, 3.8) is 0 Å². The highest BCUT2D eigenvalue weighted by atomic mass is 35.5. The SMILES string of the molecule is CCN(c1ccc(OCC(=O)Nc2cccc(Cl)c2C)cc1)S(C)(=O)=O. The van der Waals surface area contributed by atoms with Gasteiger partial charge in [0.05, 0.1) is 11.9 Å². The Kier molecular flexibility index (Phi) is 6.50. The first-order valence-corrected chi connectivity index (χ1v) is 10.2. The van der Waals surface area contributed by atoms with E-state index in [2.05, 4.69) is 5.32 Å². The molecule has 2 rings (SSSR count). The molecule has 2 aromatic carbocycles. The lowest BCUT2D eigenvalue weighted by Gasteiger charge is -2.20. The summed E-state index contributed by atoms with van der Waals surface area (Å²) in [5, 5.41) is 3.32. The van der Waals surface area contributed by atoms with Crippen LogP contribution in [0, 0.1) is 6.92 Å². The van der Waals surface area contributed by atoms with Crippen LogP contribution < -0.4 is 14.4 Å². The molecule has 0 radical (unpaired) electrons. The Morgan fingerprint density at radius 1 is 1.19 bits per heavy atom. The number of amides is 1. The van der Waals surface area contributed by atoms with Crippen LogP contribution in [-0.2, 0) is 14.8 Å². The summed E-state index contributed by atoms with van der Waals surface area (Å²) in [6, 6.07) is 11.8. The van der Waals surface area contributed by atoms with Crippen molar-refractivity contribution < 1.29 is 17.9 Å². The molecule has 140 valence electrons. The van der Waals surface area contributed by atoms with Crippen LogP contribution in [0.2, 0.25) is 5.02 Å². The number of nitrogens with one attached hydrogen (secondary N) is 1. The Hall–Kier alpha value is -2.25. The number of nitrogens with zero attached hydrogens (tertiary/aromatic N) is 1. The molecule has 0 aliphatic carbocycles. The van der Waals surface area contributed by atoms with E-state index in [1.807, 2.05) is 6.92 Å². The molecule has 0 saturated carbocycles. The molecule has 0 heterocycles. The van der Waals surface area contributed by atoms with E-state index in [0.717, 1.165) is 11.8 Å². The van der Waals surface area contributed by atoms with Crippen LogP contribution in [-0.4, -0.2) is 33.7 Å². The molecule has 0 unspecified atom stereocenters. The van der Waals surface area contributed by atoms with E-state index in [1.165, 1.54) is 4.31 Å². The molecule has 1 amide bonds. The second-order valence-corrected chi connectivity index (χ2v) is 7.98. The Labute approximate surface area is 158 Å². The second-order valence-electron chi connectivity index (χ2n) is 5.67. The highest BCUT2D eigenvalue weighted by Gasteiger charge is 2.15. The third-order valence-corrected chi connectivity index (χ3v) is 5.40. The van der Waals surface area contributed by atoms with E-state index in [9.17, 15) is 13.2 Å². The summed E-state index contributed by atoms with van der Waals surface area (Å²) in [6.07, 6.45) is 1.16. The maximum atomic E-state index is 12.0. The van der Waals surface area contributed by atoms with Crippen molar-refractivity contribution in [3.05, 3.63) is 53.1 Å². The summed E-state index contributed by atoms with van der Waals surface area (Å²) >= 11 is 6.03. The van der Waals surface area contributed by atoms with Crippen LogP contribution in [0.3, 0.4) is 0 Å². The third kappa shape index (κ3) is 5.12. The van der Waals surface area contributed by atoms with Gasteiger partial charge >= 0.3 is 0 Å². The van der Waals surface area contributed by atoms with Crippen LogP contribution in [0.15, 0.2) is 42.5 Å². The summed E-state index contributed by atoms with van der Waals surface area (Å²) < 4.78 is 30.2. The predicted molar refractivity (Wildman–Crippen MR) is 105 cm³/mol. The van der Waals surface area contributed by atoms with E-state index >= 15 is 0 Å². The van der Waals surface area contributed by atoms with Gasteiger partial charge in [-0.1, -0.05) is 17.7 Å². The van der Waals surface area contributed by atoms with Crippen molar-refractivity contribution in [2.24, 2.45) is 0 Å². The highest BCUT2D eigenvalue weighted by molar-refractivity contribution is 7.92. The number of hydrogen-bond donors (Lipinski definition) is 1. The van der Waals surface area contributed by atoms with E-state index in [4.69, 9.17) is 16.3 Å². The first-order valence-electron chi connectivity index (χ1n) is 7.98. The molecule has 0 aliphatic rings. The Morgan fingerprint density at radius 3 is 2.42 bits per heavy atom. The highest BCUT2D eigenvalue weighted by Crippen LogP contribution is 2.23. The zero-order valence-electron chi connectivity index (χ0n) is 14.8. The standard InChI is InChI=1S/C18H21ClN2O4S/c1-4-21(26(3,23)24)14-8-10-15(11-9-14)25-12-18(22)20-17-7-5-6-16(19)13(17)2/h5-11H,4,12H2,1-3H3,(H,20,22). The van der Waals surface area contributed by atoms with Gasteiger partial charge < -0.3 is 10.1 Å². The summed E-state index contributed by atoms with van der Waals surface area (Å²) in [5.41, 5.74) is 1.96. The summed E-state index contributed by atoms with van der Waals surface area (Å²) in [7, 11) is -3.33. The van der Waals surface area contributed by atoms with Gasteiger partial charge in [-0.3, -0.25) is 9.10 Å². The molecule has 0 spiro atoms. The molecule has 26 heavy (non-hydrogen) atoms. The van der Waals surface area contributed by atoms with Crippen LogP contribution in [0.1, 0.15) is 12.5 Å². The van der Waals surface area contributed by atoms with E-state index in [-0.39, 0.29) is 12.5 Å². The Morgan fingerprint density at radius 2 is 1.85 bits per heavy atom. The van der Waals surface area contributed by atoms with E-state index < -0.39 is 10.0 Å². The lowest BCUT2D eigenvalue weighted by atomic mass is 10.2. The van der Waals surface area contributed by atoms with Gasteiger partial charge in [0, 0.05) is 17.3 Å². The van der Waals surface area contributed by atoms with Gasteiger partial charge in [0.2, 0.25) is 10.0 Å². The first-order chi connectivity index (χ1) is 12.2. The van der Waals surface area contributed by atoms with E-state index in [0.29, 0.717) is 28.7 Å². The van der Waals surface area contributed by atoms with Crippen LogP contribution >= 0.6 is 11.6 Å². The van der Waals surface area contributed by atoms with Gasteiger partial charge in [-0.05, 0) is 55.8 Å². The minimum absolute atomic E-state index is 0.172. The Balaban J connectivity index is 1.97. The van der Waals surface area contributed by atoms with Gasteiger partial charge in [0.25, 0.3) is 5.91 Å². The quantitative estimate of drug-likeness (QED) is 0.777. The second kappa shape index (κ2) is 8.42.